The van der Waals surface area contributed by atoms with Gasteiger partial charge in [-0.25, -0.2) is 4.79 Å². The van der Waals surface area contributed by atoms with Gasteiger partial charge in [0.15, 0.2) is 11.9 Å². The van der Waals surface area contributed by atoms with Gasteiger partial charge in [0, 0.05) is 39.7 Å². The van der Waals surface area contributed by atoms with Crippen molar-refractivity contribution >= 4 is 17.9 Å². The van der Waals surface area contributed by atoms with Crippen LogP contribution in [0.4, 0.5) is 11.9 Å². The third-order valence-electron chi connectivity index (χ3n) is 5.66. The zero-order valence-electron chi connectivity index (χ0n) is 21.6. The van der Waals surface area contributed by atoms with E-state index < -0.39 is 12.1 Å². The normalized spacial score (nSPS) is 11.7. The van der Waals surface area contributed by atoms with Crippen LogP contribution < -0.4 is 14.5 Å². The minimum Gasteiger partial charge on any atom is -0.492 e. The highest BCUT2D eigenvalue weighted by molar-refractivity contribution is 5.72. The summed E-state index contributed by atoms with van der Waals surface area (Å²) in [7, 11) is 5.73. The van der Waals surface area contributed by atoms with Crippen molar-refractivity contribution in [3.63, 3.8) is 0 Å². The molecule has 0 bridgehead atoms. The Kier molecular flexibility index (Phi) is 9.58. The van der Waals surface area contributed by atoms with Gasteiger partial charge in [-0.05, 0) is 36.6 Å². The van der Waals surface area contributed by atoms with Crippen LogP contribution in [0.3, 0.4) is 0 Å². The van der Waals surface area contributed by atoms with E-state index in [-0.39, 0.29) is 0 Å². The summed E-state index contributed by atoms with van der Waals surface area (Å²) in [6.45, 7) is 5.26. The largest absolute Gasteiger partial charge is 0.492 e. The molecule has 1 atom stereocenters. The number of hydrogen-bond donors (Lipinski definition) is 1. The fraction of sp³-hybridized carbons (Fsp3) is 0.407. The Morgan fingerprint density at radius 2 is 1.56 bits per heavy atom. The highest BCUT2D eigenvalue weighted by Crippen LogP contribution is 2.21. The van der Waals surface area contributed by atoms with E-state index in [1.54, 1.807) is 6.92 Å². The number of anilines is 2. The molecule has 0 radical (unpaired) electrons. The maximum atomic E-state index is 11.3. The number of nitrogens with zero attached hydrogens (tertiary/aromatic N) is 5. The van der Waals surface area contributed by atoms with Crippen LogP contribution in [0.25, 0.3) is 11.4 Å². The Morgan fingerprint density at radius 3 is 2.14 bits per heavy atom. The van der Waals surface area contributed by atoms with E-state index in [9.17, 15) is 9.90 Å². The topological polar surface area (TPSA) is 101 Å². The number of carboxylic acid groups (broad SMARTS) is 1. The molecule has 0 aliphatic heterocycles. The molecule has 36 heavy (non-hydrogen) atoms. The lowest BCUT2D eigenvalue weighted by molar-refractivity contribution is -0.149. The average Bonchev–Trinajstić information content (AvgIpc) is 2.89. The predicted molar refractivity (Wildman–Crippen MR) is 141 cm³/mol. The fourth-order valence-electron chi connectivity index (χ4n) is 3.50. The van der Waals surface area contributed by atoms with Gasteiger partial charge >= 0.3 is 5.97 Å². The SMILES string of the molecule is CCOC(Cc1ccc(OCCN(C)c2nc(-c3ccc(CC)cc3)nc(N(C)C)n2)cc1)C(=O)O. The van der Waals surface area contributed by atoms with Crippen molar-refractivity contribution in [2.24, 2.45) is 0 Å². The van der Waals surface area contributed by atoms with Gasteiger partial charge in [-0.2, -0.15) is 15.0 Å². The van der Waals surface area contributed by atoms with Crippen LogP contribution in [0, 0.1) is 0 Å². The minimum atomic E-state index is -0.961. The molecule has 1 N–H and O–H groups in total. The average molecular weight is 494 g/mol. The second-order valence-corrected chi connectivity index (χ2v) is 8.60. The second-order valence-electron chi connectivity index (χ2n) is 8.60. The molecule has 0 saturated heterocycles. The zero-order chi connectivity index (χ0) is 26.1. The maximum Gasteiger partial charge on any atom is 0.333 e. The van der Waals surface area contributed by atoms with Gasteiger partial charge in [0.25, 0.3) is 0 Å². The Bertz CT molecular complexity index is 1120. The van der Waals surface area contributed by atoms with Gasteiger partial charge in [-0.15, -0.1) is 0 Å². The van der Waals surface area contributed by atoms with E-state index in [0.717, 1.165) is 17.5 Å². The summed E-state index contributed by atoms with van der Waals surface area (Å²) in [6.07, 6.45) is 0.439. The molecule has 9 nitrogen and oxygen atoms in total. The minimum absolute atomic E-state index is 0.309. The summed E-state index contributed by atoms with van der Waals surface area (Å²) in [4.78, 5) is 29.0. The van der Waals surface area contributed by atoms with E-state index in [2.05, 4.69) is 29.0 Å². The number of rotatable bonds is 13. The molecule has 9 heteroatoms. The van der Waals surface area contributed by atoms with Gasteiger partial charge in [0.1, 0.15) is 12.4 Å². The number of carboxylic acids is 1. The standard InChI is InChI=1S/C27H35N5O4/c1-6-19-8-12-21(13-9-19)24-28-26(31(3)4)30-27(29-24)32(5)16-17-36-22-14-10-20(11-15-22)18-23(25(33)34)35-7-2/h8-15,23H,6-7,16-18H2,1-5H3,(H,33,34). The molecule has 192 valence electrons. The smallest absolute Gasteiger partial charge is 0.333 e. The van der Waals surface area contributed by atoms with Crippen molar-refractivity contribution in [1.29, 1.82) is 0 Å². The van der Waals surface area contributed by atoms with Crippen molar-refractivity contribution in [3.05, 3.63) is 59.7 Å². The third-order valence-corrected chi connectivity index (χ3v) is 5.66. The Morgan fingerprint density at radius 1 is 0.917 bits per heavy atom. The lowest BCUT2D eigenvalue weighted by Gasteiger charge is -2.20. The molecule has 0 fully saturated rings. The van der Waals surface area contributed by atoms with Crippen LogP contribution >= 0.6 is 0 Å². The number of benzene rings is 2. The molecule has 3 rings (SSSR count). The first-order chi connectivity index (χ1) is 17.3. The molecule has 0 aliphatic rings. The van der Waals surface area contributed by atoms with Crippen LogP contribution in [-0.2, 0) is 22.4 Å². The highest BCUT2D eigenvalue weighted by atomic mass is 16.5. The molecular weight excluding hydrogens is 458 g/mol. The second kappa shape index (κ2) is 12.8. The third kappa shape index (κ3) is 7.39. The summed E-state index contributed by atoms with van der Waals surface area (Å²) in [5, 5.41) is 9.26. The Labute approximate surface area is 212 Å². The van der Waals surface area contributed by atoms with E-state index in [1.165, 1.54) is 5.56 Å². The molecule has 1 heterocycles. The monoisotopic (exact) mass is 493 g/mol. The number of likely N-dealkylation sites (N-methyl/N-ethyl adjacent to an activating group) is 1. The van der Waals surface area contributed by atoms with Crippen LogP contribution in [0.5, 0.6) is 5.75 Å². The number of aliphatic carboxylic acids is 1. The van der Waals surface area contributed by atoms with E-state index in [0.29, 0.717) is 49.6 Å². The number of aryl methyl sites for hydroxylation is 1. The molecule has 0 spiro atoms. The summed E-state index contributed by atoms with van der Waals surface area (Å²) < 4.78 is 11.2. The van der Waals surface area contributed by atoms with Crippen molar-refractivity contribution in [3.8, 4) is 17.1 Å². The molecular formula is C27H35N5O4. The van der Waals surface area contributed by atoms with Crippen LogP contribution in [0.15, 0.2) is 48.5 Å². The fourth-order valence-corrected chi connectivity index (χ4v) is 3.50. The number of aromatic nitrogens is 3. The van der Waals surface area contributed by atoms with E-state index >= 15 is 0 Å². The molecule has 1 unspecified atom stereocenters. The quantitative estimate of drug-likeness (QED) is 0.382. The first-order valence-corrected chi connectivity index (χ1v) is 12.1. The molecule has 1 aromatic heterocycles. The van der Waals surface area contributed by atoms with Crippen molar-refractivity contribution in [2.45, 2.75) is 32.8 Å². The molecule has 3 aromatic rings. The van der Waals surface area contributed by atoms with Gasteiger partial charge in [0.05, 0.1) is 6.54 Å². The number of hydrogen-bond acceptors (Lipinski definition) is 8. The number of ether oxygens (including phenoxy) is 2. The summed E-state index contributed by atoms with van der Waals surface area (Å²) in [5.74, 6) is 1.53. The Balaban J connectivity index is 1.63. The van der Waals surface area contributed by atoms with Gasteiger partial charge in [-0.3, -0.25) is 0 Å². The molecule has 0 amide bonds. The van der Waals surface area contributed by atoms with Crippen LogP contribution in [0.1, 0.15) is 25.0 Å². The first kappa shape index (κ1) is 26.9. The summed E-state index contributed by atoms with van der Waals surface area (Å²) >= 11 is 0. The maximum absolute atomic E-state index is 11.3. The predicted octanol–water partition coefficient (Wildman–Crippen LogP) is 3.71. The first-order valence-electron chi connectivity index (χ1n) is 12.1. The molecule has 0 saturated carbocycles. The van der Waals surface area contributed by atoms with Crippen molar-refractivity contribution in [1.82, 2.24) is 15.0 Å². The van der Waals surface area contributed by atoms with Crippen molar-refractivity contribution in [2.75, 3.05) is 50.7 Å². The number of carbonyl (C=O) groups is 1. The highest BCUT2D eigenvalue weighted by Gasteiger charge is 2.18. The zero-order valence-corrected chi connectivity index (χ0v) is 21.6. The van der Waals surface area contributed by atoms with Gasteiger partial charge in [-0.1, -0.05) is 43.3 Å². The Hall–Kier alpha value is -3.72. The summed E-state index contributed by atoms with van der Waals surface area (Å²) in [6, 6.07) is 15.7. The lowest BCUT2D eigenvalue weighted by atomic mass is 10.1. The van der Waals surface area contributed by atoms with Gasteiger partial charge in [0.2, 0.25) is 11.9 Å². The summed E-state index contributed by atoms with van der Waals surface area (Å²) in [5.41, 5.74) is 3.08. The van der Waals surface area contributed by atoms with Crippen molar-refractivity contribution < 1.29 is 19.4 Å². The van der Waals surface area contributed by atoms with Crippen LogP contribution in [0.2, 0.25) is 0 Å². The molecule has 2 aromatic carbocycles. The van der Waals surface area contributed by atoms with Gasteiger partial charge < -0.3 is 24.4 Å². The van der Waals surface area contributed by atoms with E-state index in [4.69, 9.17) is 14.5 Å². The molecule has 0 aliphatic carbocycles. The van der Waals surface area contributed by atoms with E-state index in [1.807, 2.05) is 67.3 Å². The lowest BCUT2D eigenvalue weighted by Crippen LogP contribution is -2.27. The van der Waals surface area contributed by atoms with Crippen LogP contribution in [-0.4, -0.2) is 73.0 Å².